The summed E-state index contributed by atoms with van der Waals surface area (Å²) in [5.41, 5.74) is 1.69. The fourth-order valence-corrected chi connectivity index (χ4v) is 8.08. The largest absolute Gasteiger partial charge is 0.454 e. The molecule has 2 aromatic rings. The van der Waals surface area contributed by atoms with Crippen LogP contribution in [0.25, 0.3) is 0 Å². The normalized spacial score (nSPS) is 27.4. The Bertz CT molecular complexity index is 1210. The second kappa shape index (κ2) is 8.52. The third-order valence-electron chi connectivity index (χ3n) is 7.95. The molecular weight excluding hydrogens is 450 g/mol. The molecule has 4 aliphatic carbocycles. The van der Waals surface area contributed by atoms with Crippen LogP contribution in [0.4, 0.5) is 5.69 Å². The summed E-state index contributed by atoms with van der Waals surface area (Å²) in [6, 6.07) is 11.5. The number of sulfonamides is 1. The van der Waals surface area contributed by atoms with E-state index in [-0.39, 0.29) is 28.3 Å². The number of nitrogens with one attached hydrogen (secondary N) is 1. The van der Waals surface area contributed by atoms with E-state index in [0.29, 0.717) is 29.0 Å². The van der Waals surface area contributed by atoms with Crippen molar-refractivity contribution in [1.29, 1.82) is 0 Å². The number of rotatable bonds is 7. The molecule has 4 aliphatic rings. The highest BCUT2D eigenvalue weighted by molar-refractivity contribution is 7.92. The average Bonchev–Trinajstić information content (AvgIpc) is 2.76. The Balaban J connectivity index is 1.28. The molecule has 6 nitrogen and oxygen atoms in total. The smallest absolute Gasteiger partial charge is 0.338 e. The van der Waals surface area contributed by atoms with Gasteiger partial charge in [0.15, 0.2) is 12.4 Å². The molecule has 4 fully saturated rings. The third-order valence-corrected chi connectivity index (χ3v) is 9.47. The van der Waals surface area contributed by atoms with Crippen LogP contribution in [-0.4, -0.2) is 26.8 Å². The number of Topliss-reactive ketones (excluding diaryl/α,β-unsaturated/α-hetero) is 1. The summed E-state index contributed by atoms with van der Waals surface area (Å²) >= 11 is 0. The van der Waals surface area contributed by atoms with Gasteiger partial charge in [0.05, 0.1) is 10.5 Å². The van der Waals surface area contributed by atoms with Gasteiger partial charge in [0.25, 0.3) is 10.0 Å². The van der Waals surface area contributed by atoms with E-state index in [1.54, 1.807) is 37.3 Å². The number of hydrogen-bond donors (Lipinski definition) is 1. The van der Waals surface area contributed by atoms with E-state index in [1.807, 2.05) is 13.0 Å². The molecule has 0 amide bonds. The number of esters is 1. The zero-order valence-electron chi connectivity index (χ0n) is 19.7. The molecule has 7 heteroatoms. The Kier molecular flexibility index (Phi) is 5.79. The molecule has 4 saturated carbocycles. The Morgan fingerprint density at radius 3 is 2.24 bits per heavy atom. The van der Waals surface area contributed by atoms with Crippen molar-refractivity contribution < 1.29 is 22.7 Å². The first-order valence-electron chi connectivity index (χ1n) is 12.0. The van der Waals surface area contributed by atoms with Gasteiger partial charge in [-0.25, -0.2) is 13.2 Å². The molecule has 4 bridgehead atoms. The summed E-state index contributed by atoms with van der Waals surface area (Å²) in [5.74, 6) is 1.26. The van der Waals surface area contributed by atoms with Crippen molar-refractivity contribution in [1.82, 2.24) is 0 Å². The highest BCUT2D eigenvalue weighted by Crippen LogP contribution is 2.60. The van der Waals surface area contributed by atoms with Crippen LogP contribution in [0.1, 0.15) is 60.0 Å². The summed E-state index contributed by atoms with van der Waals surface area (Å²) in [7, 11) is -3.90. The Morgan fingerprint density at radius 1 is 0.971 bits per heavy atom. The van der Waals surface area contributed by atoms with Gasteiger partial charge in [0.2, 0.25) is 0 Å². The van der Waals surface area contributed by atoms with Gasteiger partial charge >= 0.3 is 5.97 Å². The summed E-state index contributed by atoms with van der Waals surface area (Å²) in [4.78, 5) is 26.0. The topological polar surface area (TPSA) is 89.5 Å². The molecule has 0 saturated heterocycles. The van der Waals surface area contributed by atoms with E-state index < -0.39 is 16.0 Å². The second-order valence-electron chi connectivity index (χ2n) is 10.7. The van der Waals surface area contributed by atoms with Crippen molar-refractivity contribution in [2.24, 2.45) is 23.2 Å². The quantitative estimate of drug-likeness (QED) is 0.559. The maximum absolute atomic E-state index is 13.2. The van der Waals surface area contributed by atoms with Gasteiger partial charge in [0.1, 0.15) is 0 Å². The van der Waals surface area contributed by atoms with Gasteiger partial charge in [-0.3, -0.25) is 9.52 Å². The molecule has 180 valence electrons. The number of anilines is 1. The SMILES string of the molecule is Cc1cccc(NS(=O)(=O)c2cc(C(=O)OCC(=O)C34CC5CC(CC(C5)C3)C4)ccc2C)c1. The number of ether oxygens (including phenoxy) is 1. The number of aryl methyl sites for hydroxylation is 2. The predicted molar refractivity (Wildman–Crippen MR) is 129 cm³/mol. The molecule has 34 heavy (non-hydrogen) atoms. The van der Waals surface area contributed by atoms with Crippen molar-refractivity contribution in [2.75, 3.05) is 11.3 Å². The summed E-state index contributed by atoms with van der Waals surface area (Å²) in [6.07, 6.45) is 6.49. The van der Waals surface area contributed by atoms with Crippen LogP contribution in [0.5, 0.6) is 0 Å². The minimum absolute atomic E-state index is 0.0101. The minimum Gasteiger partial charge on any atom is -0.454 e. The lowest BCUT2D eigenvalue weighted by Gasteiger charge is -2.55. The fraction of sp³-hybridized carbons (Fsp3) is 0.481. The molecule has 0 atom stereocenters. The first kappa shape index (κ1) is 23.1. The first-order valence-corrected chi connectivity index (χ1v) is 13.5. The van der Waals surface area contributed by atoms with Crippen LogP contribution in [0, 0.1) is 37.0 Å². The number of hydrogen-bond acceptors (Lipinski definition) is 5. The number of ketones is 1. The van der Waals surface area contributed by atoms with Crippen molar-refractivity contribution >= 4 is 27.5 Å². The van der Waals surface area contributed by atoms with E-state index in [4.69, 9.17) is 4.74 Å². The maximum Gasteiger partial charge on any atom is 0.338 e. The summed E-state index contributed by atoms with van der Waals surface area (Å²) in [6.45, 7) is 3.31. The van der Waals surface area contributed by atoms with Crippen LogP contribution in [0.2, 0.25) is 0 Å². The molecule has 0 heterocycles. The number of benzene rings is 2. The average molecular weight is 482 g/mol. The van der Waals surface area contributed by atoms with Crippen LogP contribution in [0.3, 0.4) is 0 Å². The second-order valence-corrected chi connectivity index (χ2v) is 12.3. The van der Waals surface area contributed by atoms with E-state index in [2.05, 4.69) is 4.72 Å². The lowest BCUT2D eigenvalue weighted by atomic mass is 9.48. The predicted octanol–water partition coefficient (Wildman–Crippen LogP) is 5.05. The lowest BCUT2D eigenvalue weighted by molar-refractivity contribution is -0.147. The van der Waals surface area contributed by atoms with Crippen LogP contribution in [-0.2, 0) is 19.6 Å². The molecule has 6 rings (SSSR count). The summed E-state index contributed by atoms with van der Waals surface area (Å²) < 4.78 is 34.0. The Morgan fingerprint density at radius 2 is 1.62 bits per heavy atom. The lowest BCUT2D eigenvalue weighted by Crippen LogP contribution is -2.51. The Labute approximate surface area is 201 Å². The zero-order valence-corrected chi connectivity index (χ0v) is 20.5. The standard InChI is InChI=1S/C27H31NO5S/c1-17-4-3-5-23(8-17)28-34(31,32)24-12-22(7-6-18(24)2)26(30)33-16-25(29)27-13-19-9-20(14-27)11-21(10-19)15-27/h3-8,12,19-21,28H,9-11,13-16H2,1-2H3. The van der Waals surface area contributed by atoms with E-state index in [9.17, 15) is 18.0 Å². The maximum atomic E-state index is 13.2. The fourth-order valence-electron chi connectivity index (χ4n) is 6.75. The molecule has 0 unspecified atom stereocenters. The molecule has 0 radical (unpaired) electrons. The molecule has 0 aromatic heterocycles. The molecular formula is C27H31NO5S. The molecule has 2 aromatic carbocycles. The van der Waals surface area contributed by atoms with Crippen LogP contribution in [0.15, 0.2) is 47.4 Å². The van der Waals surface area contributed by atoms with E-state index in [0.717, 1.165) is 24.8 Å². The third kappa shape index (κ3) is 4.38. The van der Waals surface area contributed by atoms with Crippen molar-refractivity contribution in [3.05, 3.63) is 59.2 Å². The molecule has 1 N–H and O–H groups in total. The van der Waals surface area contributed by atoms with Gasteiger partial charge in [-0.05, 0) is 106 Å². The number of carbonyl (C=O) groups is 2. The van der Waals surface area contributed by atoms with Crippen molar-refractivity contribution in [2.45, 2.75) is 57.3 Å². The first-order chi connectivity index (χ1) is 16.1. The Hall–Kier alpha value is -2.67. The van der Waals surface area contributed by atoms with Crippen LogP contribution < -0.4 is 4.72 Å². The molecule has 0 aliphatic heterocycles. The van der Waals surface area contributed by atoms with Crippen LogP contribution >= 0.6 is 0 Å². The van der Waals surface area contributed by atoms with Gasteiger partial charge in [-0.2, -0.15) is 0 Å². The van der Waals surface area contributed by atoms with Crippen molar-refractivity contribution in [3.8, 4) is 0 Å². The van der Waals surface area contributed by atoms with E-state index in [1.165, 1.54) is 25.3 Å². The highest BCUT2D eigenvalue weighted by Gasteiger charge is 2.54. The minimum atomic E-state index is -3.90. The van der Waals surface area contributed by atoms with Gasteiger partial charge in [-0.15, -0.1) is 0 Å². The van der Waals surface area contributed by atoms with Gasteiger partial charge in [0, 0.05) is 11.1 Å². The zero-order chi connectivity index (χ0) is 24.1. The van der Waals surface area contributed by atoms with E-state index >= 15 is 0 Å². The number of carbonyl (C=O) groups excluding carboxylic acids is 2. The van der Waals surface area contributed by atoms with Gasteiger partial charge < -0.3 is 4.74 Å². The highest BCUT2D eigenvalue weighted by atomic mass is 32.2. The monoisotopic (exact) mass is 481 g/mol. The summed E-state index contributed by atoms with van der Waals surface area (Å²) in [5, 5.41) is 0. The van der Waals surface area contributed by atoms with Gasteiger partial charge in [-0.1, -0.05) is 18.2 Å². The molecule has 0 spiro atoms. The van der Waals surface area contributed by atoms with Crippen molar-refractivity contribution in [3.63, 3.8) is 0 Å².